The predicted molar refractivity (Wildman–Crippen MR) is 118 cm³/mol. The van der Waals surface area contributed by atoms with Crippen LogP contribution in [-0.4, -0.2) is 53.5 Å². The van der Waals surface area contributed by atoms with Crippen LogP contribution in [0.4, 0.5) is 15.8 Å². The summed E-state index contributed by atoms with van der Waals surface area (Å²) in [6, 6.07) is 13.3. The Hall–Kier alpha value is -3.30. The van der Waals surface area contributed by atoms with Crippen molar-refractivity contribution in [2.45, 2.75) is 25.9 Å². The number of amides is 3. The van der Waals surface area contributed by atoms with E-state index >= 15 is 0 Å². The normalized spacial score (nSPS) is 18.6. The van der Waals surface area contributed by atoms with Gasteiger partial charge < -0.3 is 21.1 Å². The first-order chi connectivity index (χ1) is 15.4. The number of rotatable bonds is 6. The highest BCUT2D eigenvalue weighted by Crippen LogP contribution is 2.21. The molecule has 0 aromatic heterocycles. The molecule has 8 nitrogen and oxygen atoms in total. The van der Waals surface area contributed by atoms with Crippen LogP contribution >= 0.6 is 0 Å². The first-order valence-corrected chi connectivity index (χ1v) is 10.4. The highest BCUT2D eigenvalue weighted by atomic mass is 19.1. The third-order valence-corrected chi connectivity index (χ3v) is 5.36. The number of carbonyl (C=O) groups is 3. The largest absolute Gasteiger partial charge is 0.396 e. The van der Waals surface area contributed by atoms with Gasteiger partial charge in [0.25, 0.3) is 0 Å². The van der Waals surface area contributed by atoms with Crippen LogP contribution in [0.3, 0.4) is 0 Å². The van der Waals surface area contributed by atoms with Crippen molar-refractivity contribution in [3.8, 4) is 0 Å². The second kappa shape index (κ2) is 10.8. The first kappa shape index (κ1) is 23.4. The number of hydrogen-bond acceptors (Lipinski definition) is 5. The standard InChI is InChI=1S/C23H27FN4O4/c1-15(30)25-21-11-18(7-8-19(21)24)26-22(31)23(32)27-20-9-10-28(13-17(20)14-29)12-16-5-3-2-4-6-16/h2-8,11,17,20,29H,9-10,12-14H2,1H3,(H,25,30)(H,26,31)(H,27,32). The molecule has 3 amide bonds. The van der Waals surface area contributed by atoms with Crippen LogP contribution in [0.25, 0.3) is 0 Å². The van der Waals surface area contributed by atoms with Crippen LogP contribution in [0, 0.1) is 11.7 Å². The Morgan fingerprint density at radius 3 is 2.53 bits per heavy atom. The fraction of sp³-hybridized carbons (Fsp3) is 0.348. The van der Waals surface area contributed by atoms with E-state index < -0.39 is 23.5 Å². The maximum atomic E-state index is 13.8. The molecule has 9 heteroatoms. The summed E-state index contributed by atoms with van der Waals surface area (Å²) in [6.07, 6.45) is 0.598. The molecule has 1 aliphatic heterocycles. The summed E-state index contributed by atoms with van der Waals surface area (Å²) in [5.74, 6) is -3.07. The predicted octanol–water partition coefficient (Wildman–Crippen LogP) is 1.72. The van der Waals surface area contributed by atoms with Gasteiger partial charge in [0.1, 0.15) is 5.82 Å². The zero-order chi connectivity index (χ0) is 23.1. The summed E-state index contributed by atoms with van der Waals surface area (Å²) in [5, 5.41) is 17.2. The summed E-state index contributed by atoms with van der Waals surface area (Å²) in [7, 11) is 0. The smallest absolute Gasteiger partial charge is 0.313 e. The molecule has 0 bridgehead atoms. The van der Waals surface area contributed by atoms with E-state index in [1.165, 1.54) is 24.6 Å². The van der Waals surface area contributed by atoms with Crippen molar-refractivity contribution in [2.75, 3.05) is 30.3 Å². The molecule has 2 aromatic carbocycles. The van der Waals surface area contributed by atoms with Gasteiger partial charge in [0, 0.05) is 50.8 Å². The fourth-order valence-corrected chi connectivity index (χ4v) is 3.78. The van der Waals surface area contributed by atoms with Gasteiger partial charge in [-0.15, -0.1) is 0 Å². The second-order valence-corrected chi connectivity index (χ2v) is 7.86. The fourth-order valence-electron chi connectivity index (χ4n) is 3.78. The monoisotopic (exact) mass is 442 g/mol. The van der Waals surface area contributed by atoms with E-state index in [0.717, 1.165) is 19.2 Å². The molecule has 1 heterocycles. The van der Waals surface area contributed by atoms with E-state index in [1.54, 1.807) is 0 Å². The molecule has 2 unspecified atom stereocenters. The van der Waals surface area contributed by atoms with Gasteiger partial charge in [0.15, 0.2) is 0 Å². The quantitative estimate of drug-likeness (QED) is 0.509. The molecule has 0 aliphatic carbocycles. The topological polar surface area (TPSA) is 111 Å². The van der Waals surface area contributed by atoms with Crippen molar-refractivity contribution < 1.29 is 23.9 Å². The zero-order valence-corrected chi connectivity index (χ0v) is 17.8. The molecule has 1 fully saturated rings. The minimum Gasteiger partial charge on any atom is -0.396 e. The third kappa shape index (κ3) is 6.35. The van der Waals surface area contributed by atoms with Gasteiger partial charge in [0.2, 0.25) is 5.91 Å². The number of benzene rings is 2. The van der Waals surface area contributed by atoms with Crippen molar-refractivity contribution in [2.24, 2.45) is 5.92 Å². The minimum atomic E-state index is -0.909. The highest BCUT2D eigenvalue weighted by Gasteiger charge is 2.31. The number of nitrogens with zero attached hydrogens (tertiary/aromatic N) is 1. The lowest BCUT2D eigenvalue weighted by Gasteiger charge is -2.38. The first-order valence-electron chi connectivity index (χ1n) is 10.4. The number of anilines is 2. The Kier molecular flexibility index (Phi) is 7.91. The lowest BCUT2D eigenvalue weighted by Crippen LogP contribution is -2.53. The summed E-state index contributed by atoms with van der Waals surface area (Å²) in [5.41, 5.74) is 1.25. The van der Waals surface area contributed by atoms with Crippen LogP contribution in [0.15, 0.2) is 48.5 Å². The van der Waals surface area contributed by atoms with Gasteiger partial charge in [-0.05, 0) is 30.2 Å². The third-order valence-electron chi connectivity index (χ3n) is 5.36. The average molecular weight is 442 g/mol. The van der Waals surface area contributed by atoms with Gasteiger partial charge in [0.05, 0.1) is 5.69 Å². The van der Waals surface area contributed by atoms with Crippen molar-refractivity contribution in [1.82, 2.24) is 10.2 Å². The van der Waals surface area contributed by atoms with Crippen molar-refractivity contribution in [3.63, 3.8) is 0 Å². The molecule has 4 N–H and O–H groups in total. The van der Waals surface area contributed by atoms with E-state index in [0.29, 0.717) is 13.0 Å². The number of halogens is 1. The van der Waals surface area contributed by atoms with Crippen LogP contribution < -0.4 is 16.0 Å². The molecule has 32 heavy (non-hydrogen) atoms. The maximum absolute atomic E-state index is 13.8. The molecule has 2 aromatic rings. The molecule has 0 spiro atoms. The zero-order valence-electron chi connectivity index (χ0n) is 17.8. The summed E-state index contributed by atoms with van der Waals surface area (Å²) in [6.45, 7) is 3.18. The average Bonchev–Trinajstić information content (AvgIpc) is 2.77. The number of piperidine rings is 1. The SMILES string of the molecule is CC(=O)Nc1cc(NC(=O)C(=O)NC2CCN(Cc3ccccc3)CC2CO)ccc1F. The highest BCUT2D eigenvalue weighted by molar-refractivity contribution is 6.39. The van der Waals surface area contributed by atoms with Gasteiger partial charge in [-0.2, -0.15) is 0 Å². The summed E-state index contributed by atoms with van der Waals surface area (Å²) < 4.78 is 13.8. The summed E-state index contributed by atoms with van der Waals surface area (Å²) in [4.78, 5) is 38.1. The molecule has 170 valence electrons. The molecule has 1 saturated heterocycles. The van der Waals surface area contributed by atoms with E-state index in [-0.39, 0.29) is 29.9 Å². The van der Waals surface area contributed by atoms with Crippen molar-refractivity contribution in [3.05, 3.63) is 59.9 Å². The molecule has 3 rings (SSSR count). The number of likely N-dealkylation sites (tertiary alicyclic amines) is 1. The molecule has 0 radical (unpaired) electrons. The van der Waals surface area contributed by atoms with Crippen LogP contribution in [0.2, 0.25) is 0 Å². The van der Waals surface area contributed by atoms with Gasteiger partial charge >= 0.3 is 11.8 Å². The number of nitrogens with one attached hydrogen (secondary N) is 3. The van der Waals surface area contributed by atoms with Gasteiger partial charge in [-0.3, -0.25) is 19.3 Å². The van der Waals surface area contributed by atoms with Gasteiger partial charge in [-0.25, -0.2) is 4.39 Å². The van der Waals surface area contributed by atoms with E-state index in [9.17, 15) is 23.9 Å². The van der Waals surface area contributed by atoms with Gasteiger partial charge in [-0.1, -0.05) is 30.3 Å². The van der Waals surface area contributed by atoms with E-state index in [1.807, 2.05) is 30.3 Å². The Morgan fingerprint density at radius 1 is 1.09 bits per heavy atom. The Bertz CT molecular complexity index is 970. The second-order valence-electron chi connectivity index (χ2n) is 7.86. The molecule has 0 saturated carbocycles. The Labute approximate surface area is 185 Å². The van der Waals surface area contributed by atoms with Crippen molar-refractivity contribution in [1.29, 1.82) is 0 Å². The maximum Gasteiger partial charge on any atom is 0.313 e. The Balaban J connectivity index is 1.55. The number of aliphatic hydroxyl groups is 1. The number of carbonyl (C=O) groups excluding carboxylic acids is 3. The van der Waals surface area contributed by atoms with Crippen LogP contribution in [-0.2, 0) is 20.9 Å². The lowest BCUT2D eigenvalue weighted by molar-refractivity contribution is -0.137. The lowest BCUT2D eigenvalue weighted by atomic mass is 9.92. The Morgan fingerprint density at radius 2 is 1.84 bits per heavy atom. The van der Waals surface area contributed by atoms with Crippen LogP contribution in [0.5, 0.6) is 0 Å². The van der Waals surface area contributed by atoms with Crippen molar-refractivity contribution >= 4 is 29.1 Å². The van der Waals surface area contributed by atoms with E-state index in [4.69, 9.17) is 0 Å². The molecule has 2 atom stereocenters. The van der Waals surface area contributed by atoms with E-state index in [2.05, 4.69) is 20.9 Å². The molecule has 1 aliphatic rings. The number of aliphatic hydroxyl groups excluding tert-OH is 1. The molecular weight excluding hydrogens is 415 g/mol. The molecular formula is C23H27FN4O4. The number of hydrogen-bond donors (Lipinski definition) is 4. The van der Waals surface area contributed by atoms with Crippen LogP contribution in [0.1, 0.15) is 18.9 Å². The minimum absolute atomic E-state index is 0.0955. The summed E-state index contributed by atoms with van der Waals surface area (Å²) >= 11 is 0.